The van der Waals surface area contributed by atoms with Gasteiger partial charge in [-0.1, -0.05) is 24.3 Å². The maximum absolute atomic E-state index is 13.4. The SMILES string of the molecule is COc1cc(C)c(S(=O)(=O)N(C)Cc2cc(C(=O)N(C)Cc3ccc(CN4CCC(N(C)C)C4)cc3)co2)c(C)c1. The van der Waals surface area contributed by atoms with Gasteiger partial charge in [0.15, 0.2) is 0 Å². The first-order valence-corrected chi connectivity index (χ1v) is 15.2. The molecule has 2 aromatic carbocycles. The molecule has 0 saturated carbocycles. The Labute approximate surface area is 244 Å². The van der Waals surface area contributed by atoms with Crippen LogP contribution < -0.4 is 4.74 Å². The molecule has 1 saturated heterocycles. The van der Waals surface area contributed by atoms with E-state index in [9.17, 15) is 13.2 Å². The first kappa shape index (κ1) is 30.8. The molecular weight excluding hydrogens is 540 g/mol. The third-order valence-corrected chi connectivity index (χ3v) is 9.90. The summed E-state index contributed by atoms with van der Waals surface area (Å²) in [5.74, 6) is 0.805. The average Bonchev–Trinajstić information content (AvgIpc) is 3.58. The first-order chi connectivity index (χ1) is 19.4. The van der Waals surface area contributed by atoms with Gasteiger partial charge in [-0.2, -0.15) is 4.31 Å². The summed E-state index contributed by atoms with van der Waals surface area (Å²) in [6.45, 7) is 7.07. The Kier molecular flexibility index (Phi) is 9.59. The van der Waals surface area contributed by atoms with Crippen LogP contribution in [0.15, 0.2) is 58.0 Å². The summed E-state index contributed by atoms with van der Waals surface area (Å²) in [4.78, 5) is 19.8. The van der Waals surface area contributed by atoms with Crippen LogP contribution >= 0.6 is 0 Å². The lowest BCUT2D eigenvalue weighted by Gasteiger charge is -2.20. The zero-order valence-corrected chi connectivity index (χ0v) is 26.0. The normalized spacial score (nSPS) is 16.1. The molecule has 0 aliphatic carbocycles. The highest BCUT2D eigenvalue weighted by Crippen LogP contribution is 2.29. The fourth-order valence-corrected chi connectivity index (χ4v) is 6.96. The van der Waals surface area contributed by atoms with Crippen LogP contribution in [0.4, 0.5) is 0 Å². The summed E-state index contributed by atoms with van der Waals surface area (Å²) in [6, 6.07) is 14.0. The van der Waals surface area contributed by atoms with Gasteiger partial charge in [0.05, 0.1) is 24.1 Å². The molecule has 1 amide bonds. The third-order valence-electron chi connectivity index (χ3n) is 7.79. The Hall–Kier alpha value is -3.18. The van der Waals surface area contributed by atoms with Gasteiger partial charge in [0, 0.05) is 46.3 Å². The molecule has 0 N–H and O–H groups in total. The van der Waals surface area contributed by atoms with Crippen molar-refractivity contribution in [3.8, 4) is 5.75 Å². The number of aryl methyl sites for hydroxylation is 2. The molecule has 0 bridgehead atoms. The number of hydrogen-bond donors (Lipinski definition) is 0. The zero-order valence-electron chi connectivity index (χ0n) is 25.2. The lowest BCUT2D eigenvalue weighted by Crippen LogP contribution is -2.31. The van der Waals surface area contributed by atoms with Crippen LogP contribution in [0.25, 0.3) is 0 Å². The number of sulfonamides is 1. The van der Waals surface area contributed by atoms with Gasteiger partial charge in [-0.3, -0.25) is 9.69 Å². The lowest BCUT2D eigenvalue weighted by atomic mass is 10.1. The number of amides is 1. The van der Waals surface area contributed by atoms with Crippen LogP contribution in [-0.2, 0) is 29.7 Å². The van der Waals surface area contributed by atoms with Crippen molar-refractivity contribution in [2.45, 2.75) is 50.8 Å². The number of methoxy groups -OCH3 is 1. The number of likely N-dealkylation sites (tertiary alicyclic amines) is 1. The van der Waals surface area contributed by atoms with Gasteiger partial charge >= 0.3 is 0 Å². The largest absolute Gasteiger partial charge is 0.497 e. The van der Waals surface area contributed by atoms with Crippen molar-refractivity contribution in [3.63, 3.8) is 0 Å². The summed E-state index contributed by atoms with van der Waals surface area (Å²) in [7, 11) is 5.29. The van der Waals surface area contributed by atoms with Crippen molar-refractivity contribution in [2.75, 3.05) is 48.4 Å². The summed E-state index contributed by atoms with van der Waals surface area (Å²) < 4.78 is 38.8. The number of nitrogens with zero attached hydrogens (tertiary/aromatic N) is 4. The van der Waals surface area contributed by atoms with Crippen molar-refractivity contribution in [2.24, 2.45) is 0 Å². The van der Waals surface area contributed by atoms with E-state index in [-0.39, 0.29) is 17.3 Å². The van der Waals surface area contributed by atoms with E-state index in [1.165, 1.54) is 29.6 Å². The Balaban J connectivity index is 1.35. The second-order valence-electron chi connectivity index (χ2n) is 11.3. The fraction of sp³-hybridized carbons (Fsp3) is 0.452. The van der Waals surface area contributed by atoms with Crippen LogP contribution in [0.1, 0.15) is 44.8 Å². The molecule has 2 heterocycles. The number of furan rings is 1. The van der Waals surface area contributed by atoms with Crippen molar-refractivity contribution in [1.82, 2.24) is 19.0 Å². The van der Waals surface area contributed by atoms with Crippen molar-refractivity contribution in [3.05, 3.63) is 82.3 Å². The highest BCUT2D eigenvalue weighted by atomic mass is 32.2. The number of carbonyl (C=O) groups excluding carboxylic acids is 1. The standard InChI is InChI=1S/C31H42N4O5S/c1-22-14-28(39-7)15-23(2)30(22)41(37,38)34(6)20-29-16-26(21-40-29)31(36)33(5)17-24-8-10-25(11-9-24)18-35-13-12-27(19-35)32(3)4/h8-11,14-16,21,27H,12-13,17-20H2,1-7H3. The molecule has 41 heavy (non-hydrogen) atoms. The van der Waals surface area contributed by atoms with Crippen LogP contribution in [0.2, 0.25) is 0 Å². The smallest absolute Gasteiger partial charge is 0.257 e. The van der Waals surface area contributed by atoms with Crippen LogP contribution in [-0.4, -0.2) is 87.8 Å². The summed E-state index contributed by atoms with van der Waals surface area (Å²) in [5, 5.41) is 0. The summed E-state index contributed by atoms with van der Waals surface area (Å²) >= 11 is 0. The molecule has 1 fully saturated rings. The van der Waals surface area contributed by atoms with Gasteiger partial charge < -0.3 is 19.0 Å². The second kappa shape index (κ2) is 12.8. The van der Waals surface area contributed by atoms with Gasteiger partial charge in [-0.05, 0) is 74.8 Å². The van der Waals surface area contributed by atoms with E-state index >= 15 is 0 Å². The van der Waals surface area contributed by atoms with E-state index in [0.29, 0.717) is 40.8 Å². The van der Waals surface area contributed by atoms with Crippen LogP contribution in [0, 0.1) is 13.8 Å². The van der Waals surface area contributed by atoms with Crippen molar-refractivity contribution in [1.29, 1.82) is 0 Å². The molecule has 1 aliphatic rings. The van der Waals surface area contributed by atoms with Gasteiger partial charge in [0.1, 0.15) is 17.8 Å². The minimum absolute atomic E-state index is 0.00198. The maximum atomic E-state index is 13.4. The van der Waals surface area contributed by atoms with Gasteiger partial charge in [0.2, 0.25) is 10.0 Å². The molecule has 1 atom stereocenters. The number of carbonyl (C=O) groups is 1. The molecular formula is C31H42N4O5S. The first-order valence-electron chi connectivity index (χ1n) is 13.8. The Morgan fingerprint density at radius 3 is 2.22 bits per heavy atom. The Bertz CT molecular complexity index is 1440. The van der Waals surface area contributed by atoms with E-state index in [1.54, 1.807) is 51.1 Å². The van der Waals surface area contributed by atoms with E-state index in [4.69, 9.17) is 9.15 Å². The number of rotatable bonds is 11. The van der Waals surface area contributed by atoms with E-state index in [1.807, 2.05) is 0 Å². The van der Waals surface area contributed by atoms with E-state index < -0.39 is 10.0 Å². The Morgan fingerprint density at radius 2 is 1.63 bits per heavy atom. The molecule has 10 heteroatoms. The fourth-order valence-electron chi connectivity index (χ4n) is 5.42. The molecule has 9 nitrogen and oxygen atoms in total. The average molecular weight is 583 g/mol. The minimum Gasteiger partial charge on any atom is -0.497 e. The minimum atomic E-state index is -3.79. The summed E-state index contributed by atoms with van der Waals surface area (Å²) in [6.07, 6.45) is 2.58. The van der Waals surface area contributed by atoms with Crippen molar-refractivity contribution < 1.29 is 22.4 Å². The molecule has 4 rings (SSSR count). The molecule has 0 radical (unpaired) electrons. The highest BCUT2D eigenvalue weighted by Gasteiger charge is 2.27. The number of benzene rings is 2. The molecule has 3 aromatic rings. The molecule has 0 spiro atoms. The van der Waals surface area contributed by atoms with Gasteiger partial charge in [0.25, 0.3) is 5.91 Å². The predicted octanol–water partition coefficient (Wildman–Crippen LogP) is 4.13. The zero-order chi connectivity index (χ0) is 29.9. The quantitative estimate of drug-likeness (QED) is 0.336. The van der Waals surface area contributed by atoms with E-state index in [2.05, 4.69) is 48.2 Å². The van der Waals surface area contributed by atoms with Crippen LogP contribution in [0.5, 0.6) is 5.75 Å². The molecule has 1 aromatic heterocycles. The molecule has 1 aliphatic heterocycles. The van der Waals surface area contributed by atoms with Crippen LogP contribution in [0.3, 0.4) is 0 Å². The Morgan fingerprint density at radius 1 is 1.00 bits per heavy atom. The topological polar surface area (TPSA) is 86.5 Å². The maximum Gasteiger partial charge on any atom is 0.257 e. The summed E-state index contributed by atoms with van der Waals surface area (Å²) in [5.41, 5.74) is 3.89. The second-order valence-corrected chi connectivity index (χ2v) is 13.3. The monoisotopic (exact) mass is 582 g/mol. The number of ether oxygens (including phenoxy) is 1. The predicted molar refractivity (Wildman–Crippen MR) is 159 cm³/mol. The lowest BCUT2D eigenvalue weighted by molar-refractivity contribution is 0.0784. The molecule has 222 valence electrons. The number of hydrogen-bond acceptors (Lipinski definition) is 7. The number of likely N-dealkylation sites (N-methyl/N-ethyl adjacent to an activating group) is 1. The van der Waals surface area contributed by atoms with Gasteiger partial charge in [-0.15, -0.1) is 0 Å². The van der Waals surface area contributed by atoms with Gasteiger partial charge in [-0.25, -0.2) is 8.42 Å². The molecule has 1 unspecified atom stereocenters. The van der Waals surface area contributed by atoms with Crippen molar-refractivity contribution >= 4 is 15.9 Å². The highest BCUT2D eigenvalue weighted by molar-refractivity contribution is 7.89. The third kappa shape index (κ3) is 7.19. The van der Waals surface area contributed by atoms with E-state index in [0.717, 1.165) is 25.2 Å².